The molecule has 2 aromatic rings. The lowest BCUT2D eigenvalue weighted by molar-refractivity contribution is -0.139. The summed E-state index contributed by atoms with van der Waals surface area (Å²) in [5.41, 5.74) is 1.47. The van der Waals surface area contributed by atoms with Crippen molar-refractivity contribution in [3.8, 4) is 5.75 Å². The van der Waals surface area contributed by atoms with Crippen LogP contribution in [0.2, 0.25) is 0 Å². The van der Waals surface area contributed by atoms with Crippen LogP contribution in [0.5, 0.6) is 5.75 Å². The Bertz CT molecular complexity index is 679. The first kappa shape index (κ1) is 16.5. The lowest BCUT2D eigenvalue weighted by atomic mass is 10.2. The van der Waals surface area contributed by atoms with Gasteiger partial charge in [0.25, 0.3) is 5.91 Å². The molecule has 122 valence electrons. The predicted molar refractivity (Wildman–Crippen MR) is 83.3 cm³/mol. The highest BCUT2D eigenvalue weighted by Gasteiger charge is 2.14. The van der Waals surface area contributed by atoms with Gasteiger partial charge >= 0.3 is 5.97 Å². The van der Waals surface area contributed by atoms with Crippen molar-refractivity contribution in [3.63, 3.8) is 0 Å². The van der Waals surface area contributed by atoms with Gasteiger partial charge in [0.05, 0.1) is 11.8 Å². The third-order valence-electron chi connectivity index (χ3n) is 3.26. The molecule has 0 spiro atoms. The maximum absolute atomic E-state index is 12.3. The number of carbonyl (C=O) groups excluding carboxylic acids is 1. The van der Waals surface area contributed by atoms with E-state index in [1.807, 2.05) is 6.92 Å². The number of ether oxygens (including phenoxy) is 1. The first-order chi connectivity index (χ1) is 11.0. The molecule has 1 aromatic heterocycles. The van der Waals surface area contributed by atoms with Crippen molar-refractivity contribution >= 4 is 11.9 Å². The molecule has 0 aliphatic carbocycles. The van der Waals surface area contributed by atoms with Gasteiger partial charge in [0.15, 0.2) is 6.61 Å². The zero-order valence-electron chi connectivity index (χ0n) is 13.1. The lowest BCUT2D eigenvalue weighted by Gasteiger charge is -2.16. The second kappa shape index (κ2) is 7.44. The van der Waals surface area contributed by atoms with Crippen LogP contribution in [-0.4, -0.2) is 45.3 Å². The van der Waals surface area contributed by atoms with E-state index < -0.39 is 5.97 Å². The van der Waals surface area contributed by atoms with Crippen LogP contribution in [-0.2, 0) is 17.9 Å². The molecule has 0 aliphatic heterocycles. The molecule has 0 atom stereocenters. The zero-order chi connectivity index (χ0) is 16.8. The average Bonchev–Trinajstić information content (AvgIpc) is 3.02. The second-order valence-electron chi connectivity index (χ2n) is 5.07. The summed E-state index contributed by atoms with van der Waals surface area (Å²) in [6, 6.07) is 6.98. The molecule has 7 nitrogen and oxygen atoms in total. The molecule has 1 amide bonds. The third kappa shape index (κ3) is 4.57. The van der Waals surface area contributed by atoms with Gasteiger partial charge in [0, 0.05) is 26.3 Å². The molecule has 0 fully saturated rings. The van der Waals surface area contributed by atoms with Crippen LogP contribution in [0.4, 0.5) is 0 Å². The summed E-state index contributed by atoms with van der Waals surface area (Å²) in [4.78, 5) is 24.3. The molecule has 0 unspecified atom stereocenters. The van der Waals surface area contributed by atoms with Gasteiger partial charge in [0.1, 0.15) is 5.75 Å². The van der Waals surface area contributed by atoms with Crippen LogP contribution >= 0.6 is 0 Å². The van der Waals surface area contributed by atoms with Crippen LogP contribution in [0.15, 0.2) is 36.7 Å². The molecule has 0 radical (unpaired) electrons. The van der Waals surface area contributed by atoms with Crippen molar-refractivity contribution in [2.24, 2.45) is 0 Å². The number of carboxylic acids is 1. The highest BCUT2D eigenvalue weighted by molar-refractivity contribution is 5.93. The van der Waals surface area contributed by atoms with Gasteiger partial charge in [0.2, 0.25) is 0 Å². The summed E-state index contributed by atoms with van der Waals surface area (Å²) in [5, 5.41) is 12.7. The zero-order valence-corrected chi connectivity index (χ0v) is 13.1. The van der Waals surface area contributed by atoms with Crippen molar-refractivity contribution in [3.05, 3.63) is 47.8 Å². The number of rotatable bonds is 7. The van der Waals surface area contributed by atoms with Crippen LogP contribution in [0.3, 0.4) is 0 Å². The number of carbonyl (C=O) groups is 2. The van der Waals surface area contributed by atoms with Crippen molar-refractivity contribution in [1.82, 2.24) is 14.7 Å². The van der Waals surface area contributed by atoms with E-state index in [1.165, 1.54) is 0 Å². The minimum absolute atomic E-state index is 0.101. The van der Waals surface area contributed by atoms with Crippen LogP contribution in [0.25, 0.3) is 0 Å². The third-order valence-corrected chi connectivity index (χ3v) is 3.26. The molecule has 0 saturated carbocycles. The first-order valence-corrected chi connectivity index (χ1v) is 7.21. The van der Waals surface area contributed by atoms with Gasteiger partial charge in [-0.25, -0.2) is 4.79 Å². The summed E-state index contributed by atoms with van der Waals surface area (Å²) in [7, 11) is 1.72. The molecule has 7 heteroatoms. The lowest BCUT2D eigenvalue weighted by Crippen LogP contribution is -2.25. The van der Waals surface area contributed by atoms with Gasteiger partial charge in [-0.1, -0.05) is 12.1 Å². The molecule has 0 bridgehead atoms. The molecule has 23 heavy (non-hydrogen) atoms. The molecule has 0 saturated heterocycles. The number of nitrogens with zero attached hydrogens (tertiary/aromatic N) is 3. The number of hydrogen-bond acceptors (Lipinski definition) is 4. The quantitative estimate of drug-likeness (QED) is 0.839. The maximum Gasteiger partial charge on any atom is 0.341 e. The van der Waals surface area contributed by atoms with E-state index in [2.05, 4.69) is 5.10 Å². The highest BCUT2D eigenvalue weighted by atomic mass is 16.5. The van der Waals surface area contributed by atoms with E-state index in [0.717, 1.165) is 12.1 Å². The predicted octanol–water partition coefficient (Wildman–Crippen LogP) is 1.64. The Hall–Kier alpha value is -2.83. The highest BCUT2D eigenvalue weighted by Crippen LogP contribution is 2.14. The molecule has 0 aliphatic rings. The number of aromatic nitrogens is 2. The fourth-order valence-corrected chi connectivity index (χ4v) is 2.05. The van der Waals surface area contributed by atoms with Crippen LogP contribution in [0.1, 0.15) is 22.8 Å². The van der Waals surface area contributed by atoms with Gasteiger partial charge in [-0.2, -0.15) is 5.10 Å². The van der Waals surface area contributed by atoms with Gasteiger partial charge in [-0.15, -0.1) is 0 Å². The van der Waals surface area contributed by atoms with Gasteiger partial charge in [-0.05, 0) is 24.6 Å². The van der Waals surface area contributed by atoms with E-state index in [-0.39, 0.29) is 12.5 Å². The normalized spacial score (nSPS) is 10.3. The summed E-state index contributed by atoms with van der Waals surface area (Å²) in [6.07, 6.45) is 3.28. The average molecular weight is 317 g/mol. The van der Waals surface area contributed by atoms with E-state index in [4.69, 9.17) is 9.84 Å². The molecular formula is C16H19N3O4. The molecular weight excluding hydrogens is 298 g/mol. The summed E-state index contributed by atoms with van der Waals surface area (Å²) < 4.78 is 6.77. The number of aliphatic carboxylic acids is 1. The number of carboxylic acid groups (broad SMARTS) is 1. The fourth-order valence-electron chi connectivity index (χ4n) is 2.05. The number of amides is 1. The largest absolute Gasteiger partial charge is 0.482 e. The van der Waals surface area contributed by atoms with Crippen LogP contribution in [0, 0.1) is 0 Å². The van der Waals surface area contributed by atoms with E-state index in [9.17, 15) is 9.59 Å². The summed E-state index contributed by atoms with van der Waals surface area (Å²) >= 11 is 0. The Morgan fingerprint density at radius 1 is 1.30 bits per heavy atom. The second-order valence-corrected chi connectivity index (χ2v) is 5.07. The van der Waals surface area contributed by atoms with Gasteiger partial charge in [-0.3, -0.25) is 9.48 Å². The Labute approximate surface area is 134 Å². The standard InChI is InChI=1S/C16H19N3O4/c1-3-19-10-13(8-17-19)16(22)18(2)9-12-4-6-14(7-5-12)23-11-15(20)21/h4-8,10H,3,9,11H2,1-2H3,(H,20,21). The van der Waals surface area contributed by atoms with E-state index in [0.29, 0.717) is 17.9 Å². The molecule has 1 aromatic carbocycles. The van der Waals surface area contributed by atoms with Crippen molar-refractivity contribution in [1.29, 1.82) is 0 Å². The summed E-state index contributed by atoms with van der Waals surface area (Å²) in [6.45, 7) is 2.74. The fraction of sp³-hybridized carbons (Fsp3) is 0.312. The topological polar surface area (TPSA) is 84.7 Å². The number of benzene rings is 1. The Balaban J connectivity index is 1.95. The van der Waals surface area contributed by atoms with Crippen LogP contribution < -0.4 is 4.74 Å². The Kier molecular flexibility index (Phi) is 5.35. The van der Waals surface area contributed by atoms with Gasteiger partial charge < -0.3 is 14.7 Å². The minimum Gasteiger partial charge on any atom is -0.482 e. The first-order valence-electron chi connectivity index (χ1n) is 7.21. The molecule has 1 N–H and O–H groups in total. The Morgan fingerprint density at radius 2 is 2.00 bits per heavy atom. The van der Waals surface area contributed by atoms with Crippen molar-refractivity contribution < 1.29 is 19.4 Å². The number of aryl methyl sites for hydroxylation is 1. The summed E-state index contributed by atoms with van der Waals surface area (Å²) in [5.74, 6) is -0.641. The Morgan fingerprint density at radius 3 is 2.57 bits per heavy atom. The molecule has 1 heterocycles. The number of hydrogen-bond donors (Lipinski definition) is 1. The van der Waals surface area contributed by atoms with Crippen molar-refractivity contribution in [2.45, 2.75) is 20.0 Å². The van der Waals surface area contributed by atoms with E-state index in [1.54, 1.807) is 53.3 Å². The monoisotopic (exact) mass is 317 g/mol. The van der Waals surface area contributed by atoms with Crippen molar-refractivity contribution in [2.75, 3.05) is 13.7 Å². The molecule has 2 rings (SSSR count). The smallest absolute Gasteiger partial charge is 0.341 e. The SMILES string of the molecule is CCn1cc(C(=O)N(C)Cc2ccc(OCC(=O)O)cc2)cn1. The minimum atomic E-state index is -1.02. The maximum atomic E-state index is 12.3. The van der Waals surface area contributed by atoms with E-state index >= 15 is 0 Å².